The van der Waals surface area contributed by atoms with Crippen LogP contribution in [0.1, 0.15) is 59.2 Å². The molecule has 6 nitrogen and oxygen atoms in total. The first-order chi connectivity index (χ1) is 11.6. The summed E-state index contributed by atoms with van der Waals surface area (Å²) < 4.78 is 1.91. The van der Waals surface area contributed by atoms with Crippen LogP contribution in [0.15, 0.2) is 24.3 Å². The molecule has 7 heteroatoms. The maximum Gasteiger partial charge on any atom is 0.274 e. The highest BCUT2D eigenvalue weighted by Crippen LogP contribution is 2.21. The molecule has 1 saturated heterocycles. The highest BCUT2D eigenvalue weighted by atomic mass is 35.5. The molecular weight excluding hydrogens is 338 g/mol. The van der Waals surface area contributed by atoms with Crippen molar-refractivity contribution in [2.24, 2.45) is 0 Å². The van der Waals surface area contributed by atoms with E-state index < -0.39 is 0 Å². The summed E-state index contributed by atoms with van der Waals surface area (Å²) in [4.78, 5) is 12.6. The van der Waals surface area contributed by atoms with Gasteiger partial charge in [0.2, 0.25) is 0 Å². The van der Waals surface area contributed by atoms with Crippen LogP contribution in [0.25, 0.3) is 0 Å². The zero-order valence-corrected chi connectivity index (χ0v) is 15.8. The Morgan fingerprint density at radius 1 is 1.24 bits per heavy atom. The van der Waals surface area contributed by atoms with E-state index in [1.165, 1.54) is 5.56 Å². The van der Waals surface area contributed by atoms with Crippen LogP contribution in [0.2, 0.25) is 0 Å². The Hall–Kier alpha value is -1.92. The van der Waals surface area contributed by atoms with Crippen molar-refractivity contribution in [3.05, 3.63) is 46.8 Å². The molecular formula is C18H26ClN5O. The molecule has 1 aromatic heterocycles. The molecule has 0 radical (unpaired) electrons. The standard InChI is InChI=1S/C18H25N5O.ClH/c1-12-4-6-15(7-5-12)13(2)20-18(24)17-14(3)23(22-21-17)16-8-10-19-11-9-16;/h4-7,13,16,19H,8-11H2,1-3H3,(H,20,24);1H. The summed E-state index contributed by atoms with van der Waals surface area (Å²) in [6, 6.07) is 8.45. The SMILES string of the molecule is Cc1ccc(C(C)NC(=O)c2nnn(C3CCNCC3)c2C)cc1.Cl. The van der Waals surface area contributed by atoms with Crippen LogP contribution in [0.5, 0.6) is 0 Å². The lowest BCUT2D eigenvalue weighted by Crippen LogP contribution is -2.31. The number of hydrogen-bond donors (Lipinski definition) is 2. The highest BCUT2D eigenvalue weighted by Gasteiger charge is 2.23. The summed E-state index contributed by atoms with van der Waals surface area (Å²) in [5, 5.41) is 14.7. The first-order valence-electron chi connectivity index (χ1n) is 8.56. The zero-order valence-electron chi connectivity index (χ0n) is 15.0. The van der Waals surface area contributed by atoms with E-state index in [1.807, 2.05) is 30.7 Å². The summed E-state index contributed by atoms with van der Waals surface area (Å²) in [7, 11) is 0. The van der Waals surface area contributed by atoms with E-state index >= 15 is 0 Å². The molecule has 0 bridgehead atoms. The van der Waals surface area contributed by atoms with E-state index in [0.29, 0.717) is 11.7 Å². The van der Waals surface area contributed by atoms with Gasteiger partial charge in [-0.15, -0.1) is 17.5 Å². The van der Waals surface area contributed by atoms with Gasteiger partial charge in [-0.05, 0) is 52.3 Å². The first-order valence-corrected chi connectivity index (χ1v) is 8.56. The number of carbonyl (C=O) groups excluding carboxylic acids is 1. The van der Waals surface area contributed by atoms with Gasteiger partial charge in [0.1, 0.15) is 0 Å². The Bertz CT molecular complexity index is 707. The lowest BCUT2D eigenvalue weighted by molar-refractivity contribution is 0.0934. The van der Waals surface area contributed by atoms with Crippen LogP contribution >= 0.6 is 12.4 Å². The average molecular weight is 364 g/mol. The molecule has 2 N–H and O–H groups in total. The van der Waals surface area contributed by atoms with Gasteiger partial charge in [0.25, 0.3) is 5.91 Å². The Kier molecular flexibility index (Phi) is 6.56. The molecule has 2 aromatic rings. The van der Waals surface area contributed by atoms with Crippen molar-refractivity contribution < 1.29 is 4.79 Å². The van der Waals surface area contributed by atoms with E-state index in [0.717, 1.165) is 37.2 Å². The molecule has 25 heavy (non-hydrogen) atoms. The van der Waals surface area contributed by atoms with Crippen molar-refractivity contribution in [1.29, 1.82) is 0 Å². The van der Waals surface area contributed by atoms with Gasteiger partial charge in [-0.1, -0.05) is 35.0 Å². The lowest BCUT2D eigenvalue weighted by Gasteiger charge is -2.23. The third-order valence-corrected chi connectivity index (χ3v) is 4.72. The number of benzene rings is 1. The highest BCUT2D eigenvalue weighted by molar-refractivity contribution is 5.93. The third-order valence-electron chi connectivity index (χ3n) is 4.72. The summed E-state index contributed by atoms with van der Waals surface area (Å²) >= 11 is 0. The van der Waals surface area contributed by atoms with Crippen LogP contribution in [0.4, 0.5) is 0 Å². The van der Waals surface area contributed by atoms with E-state index in [-0.39, 0.29) is 24.4 Å². The van der Waals surface area contributed by atoms with Crippen molar-refractivity contribution in [3.8, 4) is 0 Å². The van der Waals surface area contributed by atoms with Crippen LogP contribution in [-0.4, -0.2) is 34.0 Å². The van der Waals surface area contributed by atoms with Crippen molar-refractivity contribution >= 4 is 18.3 Å². The van der Waals surface area contributed by atoms with E-state index in [1.54, 1.807) is 0 Å². The second-order valence-corrected chi connectivity index (χ2v) is 6.56. The molecule has 2 heterocycles. The molecule has 1 unspecified atom stereocenters. The lowest BCUT2D eigenvalue weighted by atomic mass is 10.1. The third kappa shape index (κ3) is 4.38. The number of aromatic nitrogens is 3. The first kappa shape index (κ1) is 19.4. The maximum atomic E-state index is 12.6. The van der Waals surface area contributed by atoms with Gasteiger partial charge < -0.3 is 10.6 Å². The number of piperidine rings is 1. The molecule has 0 saturated carbocycles. The summed E-state index contributed by atoms with van der Waals surface area (Å²) in [5.74, 6) is -0.166. The van der Waals surface area contributed by atoms with Crippen LogP contribution < -0.4 is 10.6 Å². The minimum absolute atomic E-state index is 0. The molecule has 1 aliphatic rings. The number of hydrogen-bond acceptors (Lipinski definition) is 4. The van der Waals surface area contributed by atoms with E-state index in [9.17, 15) is 4.79 Å². The summed E-state index contributed by atoms with van der Waals surface area (Å²) in [5.41, 5.74) is 3.55. The quantitative estimate of drug-likeness (QED) is 0.876. The fraction of sp³-hybridized carbons (Fsp3) is 0.500. The molecule has 1 aliphatic heterocycles. The van der Waals surface area contributed by atoms with Gasteiger partial charge in [0.15, 0.2) is 5.69 Å². The van der Waals surface area contributed by atoms with Crippen LogP contribution in [0.3, 0.4) is 0 Å². The Morgan fingerprint density at radius 2 is 1.88 bits per heavy atom. The number of nitrogens with one attached hydrogen (secondary N) is 2. The largest absolute Gasteiger partial charge is 0.344 e. The fourth-order valence-electron chi connectivity index (χ4n) is 3.15. The van der Waals surface area contributed by atoms with Crippen LogP contribution in [0, 0.1) is 13.8 Å². The fourth-order valence-corrected chi connectivity index (χ4v) is 3.15. The minimum atomic E-state index is -0.166. The van der Waals surface area contributed by atoms with Gasteiger partial charge in [0.05, 0.1) is 17.8 Å². The topological polar surface area (TPSA) is 71.8 Å². The normalized spacial score (nSPS) is 16.1. The van der Waals surface area contributed by atoms with E-state index in [4.69, 9.17) is 0 Å². The van der Waals surface area contributed by atoms with Crippen molar-refractivity contribution in [2.45, 2.75) is 45.7 Å². The van der Waals surface area contributed by atoms with Gasteiger partial charge in [-0.25, -0.2) is 4.68 Å². The molecule has 3 rings (SSSR count). The smallest absolute Gasteiger partial charge is 0.274 e. The van der Waals surface area contributed by atoms with E-state index in [2.05, 4.69) is 40.0 Å². The predicted molar refractivity (Wildman–Crippen MR) is 100 cm³/mol. The molecule has 0 spiro atoms. The molecule has 0 aliphatic carbocycles. The number of rotatable bonds is 4. The number of amides is 1. The molecule has 1 amide bonds. The molecule has 1 aromatic carbocycles. The Balaban J connectivity index is 0.00000225. The number of aryl methyl sites for hydroxylation is 1. The molecule has 1 atom stereocenters. The summed E-state index contributed by atoms with van der Waals surface area (Å²) in [6.07, 6.45) is 2.04. The van der Waals surface area contributed by atoms with Gasteiger partial charge in [-0.2, -0.15) is 0 Å². The van der Waals surface area contributed by atoms with Crippen molar-refractivity contribution in [2.75, 3.05) is 13.1 Å². The zero-order chi connectivity index (χ0) is 17.1. The van der Waals surface area contributed by atoms with Crippen molar-refractivity contribution in [3.63, 3.8) is 0 Å². The monoisotopic (exact) mass is 363 g/mol. The molecule has 1 fully saturated rings. The van der Waals surface area contributed by atoms with Crippen molar-refractivity contribution in [1.82, 2.24) is 25.6 Å². The molecule has 136 valence electrons. The summed E-state index contributed by atoms with van der Waals surface area (Å²) in [6.45, 7) is 7.92. The predicted octanol–water partition coefficient (Wildman–Crippen LogP) is 2.73. The Morgan fingerprint density at radius 3 is 2.52 bits per heavy atom. The second kappa shape index (κ2) is 8.45. The van der Waals surface area contributed by atoms with Gasteiger partial charge in [-0.3, -0.25) is 4.79 Å². The Labute approximate surface area is 154 Å². The van der Waals surface area contributed by atoms with Gasteiger partial charge >= 0.3 is 0 Å². The average Bonchev–Trinajstić information content (AvgIpc) is 2.98. The van der Waals surface area contributed by atoms with Gasteiger partial charge in [0, 0.05) is 0 Å². The number of carbonyl (C=O) groups is 1. The number of halogens is 1. The van der Waals surface area contributed by atoms with Crippen LogP contribution in [-0.2, 0) is 0 Å². The minimum Gasteiger partial charge on any atom is -0.344 e. The maximum absolute atomic E-state index is 12.6. The number of nitrogens with zero attached hydrogens (tertiary/aromatic N) is 3. The second-order valence-electron chi connectivity index (χ2n) is 6.56.